The second kappa shape index (κ2) is 4.83. The van der Waals surface area contributed by atoms with E-state index in [-0.39, 0.29) is 4.65 Å². The summed E-state index contributed by atoms with van der Waals surface area (Å²) in [6, 6.07) is 0. The van der Waals surface area contributed by atoms with Gasteiger partial charge in [-0.3, -0.25) is 4.57 Å². The third kappa shape index (κ3) is 2.54. The van der Waals surface area contributed by atoms with Crippen LogP contribution in [0, 0.1) is 5.92 Å². The lowest BCUT2D eigenvalue weighted by atomic mass is 9.84. The summed E-state index contributed by atoms with van der Waals surface area (Å²) in [5.74, 6) is 0.313. The van der Waals surface area contributed by atoms with Crippen molar-refractivity contribution in [2.45, 2.75) is 32.1 Å². The first-order valence-corrected chi connectivity index (χ1v) is 9.22. The monoisotopic (exact) mass is 278 g/mol. The average Bonchev–Trinajstić information content (AvgIpc) is 2.61. The lowest BCUT2D eigenvalue weighted by Gasteiger charge is -2.23. The zero-order valence-corrected chi connectivity index (χ0v) is 11.4. The molecule has 0 amide bonds. The molecule has 0 spiro atoms. The van der Waals surface area contributed by atoms with Gasteiger partial charge in [0.15, 0.2) is 0 Å². The molecule has 6 heteroatoms. The average molecular weight is 278 g/mol. The standard InChI is InChI=1S/C10H15O3PS2/c11-14(12,13)10-9(6-7-16(10)15)8-4-2-1-3-5-8/h6-8H,1-5H2,(H2,11,12,13). The topological polar surface area (TPSA) is 57.5 Å². The molecule has 0 bridgehead atoms. The highest BCUT2D eigenvalue weighted by atomic mass is 32.8. The van der Waals surface area contributed by atoms with Crippen LogP contribution >= 0.6 is 7.60 Å². The van der Waals surface area contributed by atoms with Crippen molar-refractivity contribution >= 4 is 28.2 Å². The Morgan fingerprint density at radius 2 is 1.94 bits per heavy atom. The van der Waals surface area contributed by atoms with Gasteiger partial charge >= 0.3 is 7.60 Å². The van der Waals surface area contributed by atoms with Crippen molar-refractivity contribution in [3.8, 4) is 0 Å². The number of rotatable bonds is 2. The second-order valence-electron chi connectivity index (χ2n) is 4.24. The fourth-order valence-corrected chi connectivity index (χ4v) is 6.31. The third-order valence-corrected chi connectivity index (χ3v) is 7.41. The highest BCUT2D eigenvalue weighted by Crippen LogP contribution is 2.53. The zero-order valence-electron chi connectivity index (χ0n) is 8.83. The molecule has 1 unspecified atom stereocenters. The first-order valence-electron chi connectivity index (χ1n) is 5.39. The van der Waals surface area contributed by atoms with Crippen molar-refractivity contribution in [3.05, 3.63) is 21.7 Å². The van der Waals surface area contributed by atoms with Crippen molar-refractivity contribution in [1.82, 2.24) is 0 Å². The Kier molecular flexibility index (Phi) is 3.82. The predicted octanol–water partition coefficient (Wildman–Crippen LogP) is 2.56. The van der Waals surface area contributed by atoms with Crippen LogP contribution < -0.4 is 0 Å². The molecule has 16 heavy (non-hydrogen) atoms. The van der Waals surface area contributed by atoms with Crippen LogP contribution in [0.5, 0.6) is 0 Å². The summed E-state index contributed by atoms with van der Waals surface area (Å²) in [4.78, 5) is 18.7. The van der Waals surface area contributed by atoms with E-state index in [2.05, 4.69) is 0 Å². The van der Waals surface area contributed by atoms with Crippen LogP contribution in [0.4, 0.5) is 0 Å². The fraction of sp³-hybridized carbons (Fsp3) is 0.600. The Hall–Kier alpha value is 0.200. The molecule has 2 N–H and O–H groups in total. The van der Waals surface area contributed by atoms with Gasteiger partial charge in [0.2, 0.25) is 0 Å². The Bertz CT molecular complexity index is 416. The van der Waals surface area contributed by atoms with E-state index in [9.17, 15) is 14.4 Å². The van der Waals surface area contributed by atoms with Gasteiger partial charge in [-0.05, 0) is 40.9 Å². The van der Waals surface area contributed by atoms with Crippen LogP contribution in [-0.4, -0.2) is 9.79 Å². The predicted molar refractivity (Wildman–Crippen MR) is 69.5 cm³/mol. The van der Waals surface area contributed by atoms with E-state index in [1.165, 1.54) is 6.42 Å². The van der Waals surface area contributed by atoms with Crippen LogP contribution in [-0.2, 0) is 25.2 Å². The molecule has 0 aromatic carbocycles. The Labute approximate surface area is 102 Å². The van der Waals surface area contributed by atoms with Gasteiger partial charge in [-0.2, -0.15) is 0 Å². The zero-order chi connectivity index (χ0) is 11.8. The summed E-state index contributed by atoms with van der Waals surface area (Å²) in [6.07, 6.45) is 7.47. The van der Waals surface area contributed by atoms with Gasteiger partial charge in [0.05, 0.1) is 0 Å². The van der Waals surface area contributed by atoms with Crippen LogP contribution in [0.3, 0.4) is 0 Å². The molecule has 0 radical (unpaired) electrons. The van der Waals surface area contributed by atoms with E-state index < -0.39 is 17.1 Å². The van der Waals surface area contributed by atoms with E-state index in [1.807, 2.05) is 6.08 Å². The fourth-order valence-electron chi connectivity index (χ4n) is 2.40. The van der Waals surface area contributed by atoms with E-state index in [1.54, 1.807) is 5.41 Å². The summed E-state index contributed by atoms with van der Waals surface area (Å²) in [5.41, 5.74) is 0.839. The summed E-state index contributed by atoms with van der Waals surface area (Å²) >= 11 is 5.11. The smallest absolute Gasteiger partial charge is 0.321 e. The molecule has 3 nitrogen and oxygen atoms in total. The molecule has 0 aromatic heterocycles. The Morgan fingerprint density at radius 3 is 2.50 bits per heavy atom. The van der Waals surface area contributed by atoms with Crippen molar-refractivity contribution < 1.29 is 14.4 Å². The summed E-state index contributed by atoms with van der Waals surface area (Å²) in [5, 5.41) is 1.76. The molecule has 1 aliphatic heterocycles. The molecule has 1 saturated carbocycles. The molecule has 2 rings (SSSR count). The van der Waals surface area contributed by atoms with Gasteiger partial charge in [0.25, 0.3) is 0 Å². The van der Waals surface area contributed by atoms with Crippen LogP contribution in [0.1, 0.15) is 32.1 Å². The van der Waals surface area contributed by atoms with Gasteiger partial charge in [0.1, 0.15) is 4.65 Å². The largest absolute Gasteiger partial charge is 0.363 e. The van der Waals surface area contributed by atoms with Crippen LogP contribution in [0.25, 0.3) is 0 Å². The van der Waals surface area contributed by atoms with E-state index in [0.29, 0.717) is 5.92 Å². The third-order valence-electron chi connectivity index (χ3n) is 3.12. The summed E-state index contributed by atoms with van der Waals surface area (Å²) < 4.78 is 11.7. The summed E-state index contributed by atoms with van der Waals surface area (Å²) in [6.45, 7) is 0. The first-order chi connectivity index (χ1) is 7.50. The molecule has 90 valence electrons. The number of allylic oxidation sites excluding steroid dienone is 2. The SMILES string of the molecule is O=P(O)(O)C1=C(C2CCCCC2)C=CS1=S. The molecule has 1 atom stereocenters. The second-order valence-corrected chi connectivity index (χ2v) is 8.43. The van der Waals surface area contributed by atoms with E-state index >= 15 is 0 Å². The van der Waals surface area contributed by atoms with Gasteiger partial charge in [-0.15, -0.1) is 0 Å². The highest BCUT2D eigenvalue weighted by molar-refractivity contribution is 8.35. The Morgan fingerprint density at radius 1 is 1.31 bits per heavy atom. The van der Waals surface area contributed by atoms with Crippen molar-refractivity contribution in [2.75, 3.05) is 0 Å². The molecule has 1 heterocycles. The maximum absolute atomic E-state index is 11.4. The normalized spacial score (nSPS) is 27.8. The van der Waals surface area contributed by atoms with E-state index in [4.69, 9.17) is 11.2 Å². The maximum Gasteiger partial charge on any atom is 0.363 e. The van der Waals surface area contributed by atoms with Gasteiger partial charge in [-0.25, -0.2) is 0 Å². The first kappa shape index (κ1) is 12.7. The minimum absolute atomic E-state index is 0.217. The molecular weight excluding hydrogens is 263 g/mol. The van der Waals surface area contributed by atoms with Gasteiger partial charge in [0, 0.05) is 0 Å². The van der Waals surface area contributed by atoms with Crippen molar-refractivity contribution in [2.24, 2.45) is 5.92 Å². The minimum Gasteiger partial charge on any atom is -0.321 e. The van der Waals surface area contributed by atoms with Crippen LogP contribution in [0.15, 0.2) is 21.7 Å². The highest BCUT2D eigenvalue weighted by Gasteiger charge is 2.33. The maximum atomic E-state index is 11.4. The molecule has 0 saturated heterocycles. The van der Waals surface area contributed by atoms with Crippen molar-refractivity contribution in [1.29, 1.82) is 0 Å². The number of hydrogen-bond acceptors (Lipinski definition) is 2. The molecule has 1 aliphatic carbocycles. The van der Waals surface area contributed by atoms with Crippen molar-refractivity contribution in [3.63, 3.8) is 0 Å². The quantitative estimate of drug-likeness (QED) is 0.762. The lowest BCUT2D eigenvalue weighted by Crippen LogP contribution is -2.09. The van der Waals surface area contributed by atoms with Gasteiger partial charge < -0.3 is 9.79 Å². The minimum atomic E-state index is -4.17. The van der Waals surface area contributed by atoms with Gasteiger partial charge in [-0.1, -0.05) is 34.8 Å². The lowest BCUT2D eigenvalue weighted by molar-refractivity contribution is 0.380. The van der Waals surface area contributed by atoms with Crippen LogP contribution in [0.2, 0.25) is 0 Å². The molecule has 1 fully saturated rings. The van der Waals surface area contributed by atoms with E-state index in [0.717, 1.165) is 31.3 Å². The molecule has 2 aliphatic rings. The molecular formula is C10H15O3PS2. The number of hydrogen-bond donors (Lipinski definition) is 2. The molecule has 0 aromatic rings. The summed E-state index contributed by atoms with van der Waals surface area (Å²) in [7, 11) is -4.96. The Balaban J connectivity index is 2.35.